The lowest BCUT2D eigenvalue weighted by molar-refractivity contribution is 0.102. The first-order valence-electron chi connectivity index (χ1n) is 8.39. The molecule has 1 amide bonds. The third-order valence-corrected chi connectivity index (χ3v) is 4.16. The van der Waals surface area contributed by atoms with Crippen LogP contribution >= 0.6 is 11.6 Å². The number of halogens is 1. The highest BCUT2D eigenvalue weighted by atomic mass is 35.5. The minimum absolute atomic E-state index is 0.223. The average molecular weight is 386 g/mol. The average Bonchev–Trinajstić information content (AvgIpc) is 3.12. The lowest BCUT2D eigenvalue weighted by Crippen LogP contribution is -2.12. The van der Waals surface area contributed by atoms with E-state index in [0.717, 1.165) is 11.3 Å². The summed E-state index contributed by atoms with van der Waals surface area (Å²) in [4.78, 5) is 12.6. The van der Waals surface area contributed by atoms with Gasteiger partial charge in [0.2, 0.25) is 0 Å². The molecular formula is C20H20ClN3O3. The number of nitrogens with zero attached hydrogens (tertiary/aromatic N) is 2. The van der Waals surface area contributed by atoms with Gasteiger partial charge in [0.15, 0.2) is 0 Å². The molecule has 0 atom stereocenters. The second-order valence-electron chi connectivity index (χ2n) is 5.77. The van der Waals surface area contributed by atoms with Crippen LogP contribution < -0.4 is 14.8 Å². The Labute approximate surface area is 162 Å². The molecule has 7 heteroatoms. The number of ether oxygens (including phenoxy) is 2. The van der Waals surface area contributed by atoms with Crippen molar-refractivity contribution in [1.29, 1.82) is 0 Å². The predicted octanol–water partition coefficient (Wildman–Crippen LogP) is 3.97. The molecule has 3 rings (SSSR count). The molecule has 0 saturated heterocycles. The summed E-state index contributed by atoms with van der Waals surface area (Å²) in [6.45, 7) is 0.391. The van der Waals surface area contributed by atoms with Crippen LogP contribution in [0, 0.1) is 0 Å². The highest BCUT2D eigenvalue weighted by molar-refractivity contribution is 6.18. The molecule has 2 aromatic carbocycles. The number of aryl methyl sites for hydroxylation is 1. The van der Waals surface area contributed by atoms with Crippen LogP contribution in [0.2, 0.25) is 0 Å². The van der Waals surface area contributed by atoms with E-state index in [1.54, 1.807) is 48.3 Å². The number of rotatable bonds is 7. The zero-order valence-corrected chi connectivity index (χ0v) is 15.9. The van der Waals surface area contributed by atoms with Crippen molar-refractivity contribution in [3.05, 3.63) is 60.3 Å². The van der Waals surface area contributed by atoms with E-state index in [4.69, 9.17) is 21.1 Å². The van der Waals surface area contributed by atoms with E-state index in [0.29, 0.717) is 35.2 Å². The Kier molecular flexibility index (Phi) is 5.98. The number of aromatic nitrogens is 2. The van der Waals surface area contributed by atoms with Crippen LogP contribution in [0.4, 0.5) is 5.69 Å². The largest absolute Gasteiger partial charge is 0.497 e. The highest BCUT2D eigenvalue weighted by Gasteiger charge is 2.13. The number of alkyl halides is 1. The Hall–Kier alpha value is -2.99. The lowest BCUT2D eigenvalue weighted by atomic mass is 10.1. The molecule has 0 radical (unpaired) electrons. The van der Waals surface area contributed by atoms with Crippen LogP contribution in [0.15, 0.2) is 54.7 Å². The smallest absolute Gasteiger partial charge is 0.255 e. The van der Waals surface area contributed by atoms with E-state index in [2.05, 4.69) is 10.4 Å². The number of anilines is 1. The van der Waals surface area contributed by atoms with Gasteiger partial charge in [-0.3, -0.25) is 9.48 Å². The van der Waals surface area contributed by atoms with Gasteiger partial charge in [0, 0.05) is 30.1 Å². The molecule has 0 bridgehead atoms. The maximum absolute atomic E-state index is 12.6. The van der Waals surface area contributed by atoms with Gasteiger partial charge in [0.05, 0.1) is 18.7 Å². The standard InChI is InChI=1S/C20H20ClN3O3/c1-24-18(8-10-22-24)17-13-15(6-7-19(17)27-11-9-21)23-20(25)14-4-3-5-16(12-14)26-2/h3-8,10,12-13H,9,11H2,1-2H3,(H,23,25). The lowest BCUT2D eigenvalue weighted by Gasteiger charge is -2.14. The van der Waals surface area contributed by atoms with Crippen molar-refractivity contribution >= 4 is 23.2 Å². The molecule has 0 spiro atoms. The monoisotopic (exact) mass is 385 g/mol. The molecule has 1 aromatic heterocycles. The fourth-order valence-corrected chi connectivity index (χ4v) is 2.77. The molecule has 0 aliphatic carbocycles. The van der Waals surface area contributed by atoms with Gasteiger partial charge in [0.1, 0.15) is 18.1 Å². The van der Waals surface area contributed by atoms with Gasteiger partial charge in [-0.1, -0.05) is 6.07 Å². The summed E-state index contributed by atoms with van der Waals surface area (Å²) in [5.74, 6) is 1.47. The number of benzene rings is 2. The van der Waals surface area contributed by atoms with Gasteiger partial charge in [-0.25, -0.2) is 0 Å². The third kappa shape index (κ3) is 4.41. The topological polar surface area (TPSA) is 65.4 Å². The van der Waals surface area contributed by atoms with E-state index >= 15 is 0 Å². The maximum atomic E-state index is 12.6. The summed E-state index contributed by atoms with van der Waals surface area (Å²) in [7, 11) is 3.42. The zero-order valence-electron chi connectivity index (χ0n) is 15.1. The van der Waals surface area contributed by atoms with Crippen LogP contribution in [0.25, 0.3) is 11.3 Å². The summed E-state index contributed by atoms with van der Waals surface area (Å²) in [6.07, 6.45) is 1.71. The van der Waals surface area contributed by atoms with Gasteiger partial charge >= 0.3 is 0 Å². The summed E-state index contributed by atoms with van der Waals surface area (Å²) >= 11 is 5.74. The van der Waals surface area contributed by atoms with Crippen molar-refractivity contribution in [2.24, 2.45) is 7.05 Å². The Morgan fingerprint density at radius 1 is 1.22 bits per heavy atom. The predicted molar refractivity (Wildman–Crippen MR) is 106 cm³/mol. The van der Waals surface area contributed by atoms with Gasteiger partial charge in [-0.15, -0.1) is 11.6 Å². The van der Waals surface area contributed by atoms with Crippen molar-refractivity contribution < 1.29 is 14.3 Å². The van der Waals surface area contributed by atoms with Gasteiger partial charge in [-0.05, 0) is 42.5 Å². The van der Waals surface area contributed by atoms with E-state index in [1.807, 2.05) is 25.2 Å². The van der Waals surface area contributed by atoms with Crippen LogP contribution in [0.1, 0.15) is 10.4 Å². The molecule has 1 heterocycles. The Morgan fingerprint density at radius 3 is 2.78 bits per heavy atom. The maximum Gasteiger partial charge on any atom is 0.255 e. The second-order valence-corrected chi connectivity index (χ2v) is 6.15. The first-order chi connectivity index (χ1) is 13.1. The molecule has 6 nitrogen and oxygen atoms in total. The van der Waals surface area contributed by atoms with Gasteiger partial charge < -0.3 is 14.8 Å². The van der Waals surface area contributed by atoms with Gasteiger partial charge in [0.25, 0.3) is 5.91 Å². The Balaban J connectivity index is 1.89. The number of hydrogen-bond donors (Lipinski definition) is 1. The molecular weight excluding hydrogens is 366 g/mol. The minimum Gasteiger partial charge on any atom is -0.497 e. The number of carbonyl (C=O) groups excluding carboxylic acids is 1. The highest BCUT2D eigenvalue weighted by Crippen LogP contribution is 2.32. The van der Waals surface area contributed by atoms with Crippen LogP contribution in [-0.4, -0.2) is 35.3 Å². The molecule has 0 aliphatic rings. The van der Waals surface area contributed by atoms with Crippen molar-refractivity contribution in [3.8, 4) is 22.8 Å². The summed E-state index contributed by atoms with van der Waals surface area (Å²) in [6, 6.07) is 14.3. The molecule has 0 unspecified atom stereocenters. The van der Waals surface area contributed by atoms with Crippen molar-refractivity contribution in [1.82, 2.24) is 9.78 Å². The summed E-state index contributed by atoms with van der Waals surface area (Å²) in [5.41, 5.74) is 2.86. The fourth-order valence-electron chi connectivity index (χ4n) is 2.69. The normalized spacial score (nSPS) is 10.5. The first-order valence-corrected chi connectivity index (χ1v) is 8.92. The number of nitrogens with one attached hydrogen (secondary N) is 1. The summed E-state index contributed by atoms with van der Waals surface area (Å²) < 4.78 is 12.7. The number of amides is 1. The van der Waals surface area contributed by atoms with Crippen molar-refractivity contribution in [2.75, 3.05) is 24.9 Å². The quantitative estimate of drug-likeness (QED) is 0.625. The molecule has 0 fully saturated rings. The summed E-state index contributed by atoms with van der Waals surface area (Å²) in [5, 5.41) is 7.11. The third-order valence-electron chi connectivity index (χ3n) is 4.00. The second kappa shape index (κ2) is 8.60. The molecule has 0 saturated carbocycles. The van der Waals surface area contributed by atoms with E-state index in [1.165, 1.54) is 0 Å². The number of methoxy groups -OCH3 is 1. The molecule has 3 aromatic rings. The molecule has 1 N–H and O–H groups in total. The fraction of sp³-hybridized carbons (Fsp3) is 0.200. The Bertz CT molecular complexity index is 940. The van der Waals surface area contributed by atoms with Crippen molar-refractivity contribution in [2.45, 2.75) is 0 Å². The van der Waals surface area contributed by atoms with Gasteiger partial charge in [-0.2, -0.15) is 5.10 Å². The van der Waals surface area contributed by atoms with E-state index in [9.17, 15) is 4.79 Å². The minimum atomic E-state index is -0.223. The van der Waals surface area contributed by atoms with E-state index < -0.39 is 0 Å². The van der Waals surface area contributed by atoms with E-state index in [-0.39, 0.29) is 5.91 Å². The first kappa shape index (κ1) is 18.8. The Morgan fingerprint density at radius 2 is 2.07 bits per heavy atom. The van der Waals surface area contributed by atoms with Crippen LogP contribution in [0.5, 0.6) is 11.5 Å². The zero-order chi connectivity index (χ0) is 19.2. The number of hydrogen-bond acceptors (Lipinski definition) is 4. The van der Waals surface area contributed by atoms with Crippen molar-refractivity contribution in [3.63, 3.8) is 0 Å². The molecule has 0 aliphatic heterocycles. The van der Waals surface area contributed by atoms with Crippen LogP contribution in [-0.2, 0) is 7.05 Å². The number of carbonyl (C=O) groups is 1. The molecule has 27 heavy (non-hydrogen) atoms. The SMILES string of the molecule is COc1cccc(C(=O)Nc2ccc(OCCCl)c(-c3ccnn3C)c2)c1. The van der Waals surface area contributed by atoms with Crippen LogP contribution in [0.3, 0.4) is 0 Å². The molecule has 140 valence electrons.